The van der Waals surface area contributed by atoms with Crippen molar-refractivity contribution >= 4 is 39.2 Å². The SMILES string of the molecule is CCNS(=O)(=O)c1cc(NC(=O)NCc2ccccc2)ccc1-c1sc(C2CCC(NC(=O)OC(C)C)CC2)nc1C(F)(F)F. The number of carbonyl (C=O) groups excluding carboxylic acids is 2. The molecule has 4 N–H and O–H groups in total. The van der Waals surface area contributed by atoms with Gasteiger partial charge in [-0.3, -0.25) is 0 Å². The summed E-state index contributed by atoms with van der Waals surface area (Å²) in [6.07, 6.45) is -3.64. The maximum absolute atomic E-state index is 14.3. The molecule has 0 atom stereocenters. The molecule has 4 rings (SSSR count). The maximum Gasteiger partial charge on any atom is 0.434 e. The summed E-state index contributed by atoms with van der Waals surface area (Å²) in [5, 5.41) is 8.26. The van der Waals surface area contributed by atoms with Crippen LogP contribution in [0, 0.1) is 0 Å². The first-order valence-corrected chi connectivity index (χ1v) is 16.8. The largest absolute Gasteiger partial charge is 0.447 e. The Kier molecular flexibility index (Phi) is 11.1. The lowest BCUT2D eigenvalue weighted by Crippen LogP contribution is -2.38. The number of aromatic nitrogens is 1. The molecule has 2 aromatic carbocycles. The van der Waals surface area contributed by atoms with Crippen LogP contribution in [0.1, 0.15) is 68.6 Å². The van der Waals surface area contributed by atoms with Crippen molar-refractivity contribution in [3.05, 3.63) is 64.8 Å². The lowest BCUT2D eigenvalue weighted by molar-refractivity contribution is -0.140. The summed E-state index contributed by atoms with van der Waals surface area (Å²) in [7, 11) is -4.27. The Balaban J connectivity index is 1.61. The molecule has 10 nitrogen and oxygen atoms in total. The minimum Gasteiger partial charge on any atom is -0.447 e. The highest BCUT2D eigenvalue weighted by molar-refractivity contribution is 7.89. The molecule has 244 valence electrons. The predicted octanol–water partition coefficient (Wildman–Crippen LogP) is 6.61. The van der Waals surface area contributed by atoms with E-state index in [-0.39, 0.29) is 52.3 Å². The Bertz CT molecular complexity index is 1590. The topological polar surface area (TPSA) is 139 Å². The number of nitrogens with one attached hydrogen (secondary N) is 4. The first-order chi connectivity index (χ1) is 21.3. The van der Waals surface area contributed by atoms with Gasteiger partial charge >= 0.3 is 18.3 Å². The third-order valence-electron chi connectivity index (χ3n) is 7.06. The molecule has 3 aromatic rings. The van der Waals surface area contributed by atoms with Gasteiger partial charge in [-0.05, 0) is 57.2 Å². The molecule has 1 aromatic heterocycles. The molecular formula is C30H36F3N5O5S2. The molecule has 45 heavy (non-hydrogen) atoms. The second-order valence-electron chi connectivity index (χ2n) is 10.9. The predicted molar refractivity (Wildman–Crippen MR) is 165 cm³/mol. The van der Waals surface area contributed by atoms with E-state index >= 15 is 0 Å². The van der Waals surface area contributed by atoms with Crippen molar-refractivity contribution in [2.75, 3.05) is 11.9 Å². The molecule has 1 aliphatic rings. The monoisotopic (exact) mass is 667 g/mol. The van der Waals surface area contributed by atoms with E-state index in [1.54, 1.807) is 20.8 Å². The summed E-state index contributed by atoms with van der Waals surface area (Å²) in [6.45, 7) is 5.23. The molecule has 0 unspecified atom stereocenters. The number of thiazole rings is 1. The summed E-state index contributed by atoms with van der Waals surface area (Å²) in [5.74, 6) is -0.299. The summed E-state index contributed by atoms with van der Waals surface area (Å²) >= 11 is 0.808. The zero-order valence-electron chi connectivity index (χ0n) is 25.0. The van der Waals surface area contributed by atoms with Gasteiger partial charge in [0.25, 0.3) is 0 Å². The molecule has 0 bridgehead atoms. The number of sulfonamides is 1. The highest BCUT2D eigenvalue weighted by atomic mass is 32.2. The van der Waals surface area contributed by atoms with E-state index in [1.807, 2.05) is 30.3 Å². The zero-order chi connectivity index (χ0) is 32.8. The van der Waals surface area contributed by atoms with Crippen molar-refractivity contribution in [1.29, 1.82) is 0 Å². The normalized spacial score (nSPS) is 17.1. The van der Waals surface area contributed by atoms with Crippen molar-refractivity contribution in [3.63, 3.8) is 0 Å². The Morgan fingerprint density at radius 1 is 1.07 bits per heavy atom. The van der Waals surface area contributed by atoms with E-state index in [0.29, 0.717) is 25.7 Å². The van der Waals surface area contributed by atoms with Crippen LogP contribution in [0.5, 0.6) is 0 Å². The summed E-state index contributed by atoms with van der Waals surface area (Å²) < 4.78 is 77.0. The third kappa shape index (κ3) is 9.17. The molecule has 0 saturated heterocycles. The van der Waals surface area contributed by atoms with Crippen molar-refractivity contribution in [2.24, 2.45) is 0 Å². The number of hydrogen-bond acceptors (Lipinski definition) is 7. The smallest absolute Gasteiger partial charge is 0.434 e. The van der Waals surface area contributed by atoms with Gasteiger partial charge in [-0.2, -0.15) is 13.2 Å². The highest BCUT2D eigenvalue weighted by Gasteiger charge is 2.40. The van der Waals surface area contributed by atoms with Crippen molar-refractivity contribution in [3.8, 4) is 10.4 Å². The molecular weight excluding hydrogens is 631 g/mol. The lowest BCUT2D eigenvalue weighted by Gasteiger charge is -2.28. The van der Waals surface area contributed by atoms with Crippen LogP contribution >= 0.6 is 11.3 Å². The van der Waals surface area contributed by atoms with Gasteiger partial charge in [0.05, 0.1) is 20.9 Å². The van der Waals surface area contributed by atoms with Gasteiger partial charge in [-0.25, -0.2) is 27.7 Å². The number of ether oxygens (including phenoxy) is 1. The summed E-state index contributed by atoms with van der Waals surface area (Å²) in [4.78, 5) is 27.8. The first kappa shape index (κ1) is 34.2. The van der Waals surface area contributed by atoms with Gasteiger partial charge in [0, 0.05) is 36.3 Å². The average molecular weight is 668 g/mol. The molecule has 15 heteroatoms. The van der Waals surface area contributed by atoms with Crippen LogP contribution in [0.15, 0.2) is 53.4 Å². The van der Waals surface area contributed by atoms with Crippen LogP contribution < -0.4 is 20.7 Å². The van der Waals surface area contributed by atoms with E-state index in [1.165, 1.54) is 12.1 Å². The van der Waals surface area contributed by atoms with Crippen LogP contribution in [0.4, 0.5) is 28.4 Å². The number of rotatable bonds is 10. The van der Waals surface area contributed by atoms with Gasteiger partial charge in [-0.1, -0.05) is 43.3 Å². The van der Waals surface area contributed by atoms with Gasteiger partial charge in [0.15, 0.2) is 5.69 Å². The maximum atomic E-state index is 14.3. The fourth-order valence-corrected chi connectivity index (χ4v) is 7.65. The molecule has 1 saturated carbocycles. The number of carbonyl (C=O) groups is 2. The van der Waals surface area contributed by atoms with Gasteiger partial charge in [0.1, 0.15) is 0 Å². The number of alkyl carbamates (subject to hydrolysis) is 1. The minimum absolute atomic E-state index is 0.000945. The van der Waals surface area contributed by atoms with Gasteiger partial charge in [0.2, 0.25) is 10.0 Å². The van der Waals surface area contributed by atoms with E-state index < -0.39 is 38.9 Å². The molecule has 1 fully saturated rings. The average Bonchev–Trinajstić information content (AvgIpc) is 3.43. The Hall–Kier alpha value is -3.69. The van der Waals surface area contributed by atoms with Crippen LogP contribution in [0.25, 0.3) is 10.4 Å². The fourth-order valence-electron chi connectivity index (χ4n) is 5.02. The van der Waals surface area contributed by atoms with Crippen LogP contribution in [0.3, 0.4) is 0 Å². The number of alkyl halides is 3. The third-order valence-corrected chi connectivity index (χ3v) is 9.89. The molecule has 0 aliphatic heterocycles. The Labute approximate surface area is 264 Å². The van der Waals surface area contributed by atoms with Crippen molar-refractivity contribution in [1.82, 2.24) is 20.3 Å². The van der Waals surface area contributed by atoms with E-state index in [4.69, 9.17) is 4.74 Å². The quantitative estimate of drug-likeness (QED) is 0.192. The van der Waals surface area contributed by atoms with E-state index in [9.17, 15) is 31.2 Å². The van der Waals surface area contributed by atoms with E-state index in [0.717, 1.165) is 23.0 Å². The summed E-state index contributed by atoms with van der Waals surface area (Å²) in [6, 6.07) is 12.1. The van der Waals surface area contributed by atoms with Crippen LogP contribution in [0.2, 0.25) is 0 Å². The number of amides is 3. The molecule has 0 radical (unpaired) electrons. The fraction of sp³-hybridized carbons (Fsp3) is 0.433. The second-order valence-corrected chi connectivity index (χ2v) is 13.6. The lowest BCUT2D eigenvalue weighted by atomic mass is 9.86. The number of halogens is 3. The Morgan fingerprint density at radius 3 is 2.38 bits per heavy atom. The van der Waals surface area contributed by atoms with E-state index in [2.05, 4.69) is 25.7 Å². The summed E-state index contributed by atoms with van der Waals surface area (Å²) in [5.41, 5.74) is -0.412. The Morgan fingerprint density at radius 2 is 1.76 bits per heavy atom. The number of anilines is 1. The number of urea groups is 1. The molecule has 1 aliphatic carbocycles. The molecule has 0 spiro atoms. The zero-order valence-corrected chi connectivity index (χ0v) is 26.7. The number of hydrogen-bond donors (Lipinski definition) is 4. The molecule has 3 amide bonds. The highest BCUT2D eigenvalue weighted by Crippen LogP contribution is 2.46. The first-order valence-electron chi connectivity index (χ1n) is 14.5. The second kappa shape index (κ2) is 14.6. The number of nitrogens with zero attached hydrogens (tertiary/aromatic N) is 1. The van der Waals surface area contributed by atoms with Crippen molar-refractivity contribution in [2.45, 2.75) is 82.1 Å². The minimum atomic E-state index is -4.85. The van der Waals surface area contributed by atoms with Gasteiger partial charge in [-0.15, -0.1) is 11.3 Å². The standard InChI is InChI=1S/C30H36F3N5O5S2/c1-4-35-45(41,42)24-16-22(36-28(39)34-17-19-8-6-5-7-9-19)14-15-23(24)25-26(30(31,32)33)38-27(44-25)20-10-12-21(13-11-20)37-29(40)43-18(2)3/h5-9,14-16,18,20-21,35H,4,10-13,17H2,1-3H3,(H,37,40)(H2,34,36,39). The van der Waals surface area contributed by atoms with Crippen LogP contribution in [-0.4, -0.2) is 44.2 Å². The molecule has 1 heterocycles. The van der Waals surface area contributed by atoms with Gasteiger partial charge < -0.3 is 20.7 Å². The van der Waals surface area contributed by atoms with Crippen LogP contribution in [-0.2, 0) is 27.5 Å². The van der Waals surface area contributed by atoms with Crippen molar-refractivity contribution < 1.29 is 35.9 Å². The number of benzene rings is 2.